The second-order valence-electron chi connectivity index (χ2n) is 6.50. The van der Waals surface area contributed by atoms with Gasteiger partial charge in [0.2, 0.25) is 5.75 Å². The first-order valence-electron chi connectivity index (χ1n) is 8.25. The number of phenols is 4. The second kappa shape index (κ2) is 8.33. The highest BCUT2D eigenvalue weighted by Crippen LogP contribution is 2.36. The Hall–Kier alpha value is -4.02. The number of hydrogen-bond acceptors (Lipinski definition) is 9. The van der Waals surface area contributed by atoms with Crippen molar-refractivity contribution in [2.24, 2.45) is 5.10 Å². The lowest BCUT2D eigenvalue weighted by Crippen LogP contribution is -2.49. The molecule has 0 aliphatic carbocycles. The molecule has 6 N–H and O–H groups in total. The van der Waals surface area contributed by atoms with E-state index in [0.717, 1.165) is 12.1 Å². The van der Waals surface area contributed by atoms with Crippen molar-refractivity contribution in [2.45, 2.75) is 25.3 Å². The first-order chi connectivity index (χ1) is 13.5. The van der Waals surface area contributed by atoms with Gasteiger partial charge in [-0.25, -0.2) is 4.79 Å². The quantitative estimate of drug-likeness (QED) is 0.164. The summed E-state index contributed by atoms with van der Waals surface area (Å²) in [5.74, 6) is -3.43. The zero-order valence-corrected chi connectivity index (χ0v) is 15.2. The summed E-state index contributed by atoms with van der Waals surface area (Å²) in [4.78, 5) is 21.7. The van der Waals surface area contributed by atoms with Crippen LogP contribution in [0.5, 0.6) is 23.0 Å². The van der Waals surface area contributed by atoms with Gasteiger partial charge in [0, 0.05) is 25.1 Å². The van der Waals surface area contributed by atoms with E-state index in [2.05, 4.69) is 10.5 Å². The minimum atomic E-state index is -1.55. The third-order valence-corrected chi connectivity index (χ3v) is 4.13. The van der Waals surface area contributed by atoms with E-state index in [9.17, 15) is 40.4 Å². The van der Waals surface area contributed by atoms with Gasteiger partial charge in [-0.05, 0) is 36.2 Å². The number of nitro benzene ring substituents is 1. The lowest BCUT2D eigenvalue weighted by Gasteiger charge is -2.24. The minimum absolute atomic E-state index is 0.0113. The number of phenolic OH excluding ortho intramolecular Hbond substituents is 4. The predicted molar refractivity (Wildman–Crippen MR) is 101 cm³/mol. The van der Waals surface area contributed by atoms with E-state index >= 15 is 0 Å². The average molecular weight is 405 g/mol. The van der Waals surface area contributed by atoms with Crippen LogP contribution in [0.15, 0.2) is 35.4 Å². The van der Waals surface area contributed by atoms with Crippen molar-refractivity contribution in [3.05, 3.63) is 51.6 Å². The van der Waals surface area contributed by atoms with Gasteiger partial charge in [-0.2, -0.15) is 5.10 Å². The third kappa shape index (κ3) is 5.03. The Morgan fingerprint density at radius 1 is 1.14 bits per heavy atom. The summed E-state index contributed by atoms with van der Waals surface area (Å²) >= 11 is 0. The topological polar surface area (TPSA) is 186 Å². The van der Waals surface area contributed by atoms with Crippen LogP contribution in [0.2, 0.25) is 0 Å². The number of hydrazone groups is 1. The molecule has 0 amide bonds. The van der Waals surface area contributed by atoms with Crippen molar-refractivity contribution >= 4 is 17.9 Å². The molecule has 0 fully saturated rings. The zero-order valence-electron chi connectivity index (χ0n) is 15.2. The van der Waals surface area contributed by atoms with E-state index < -0.39 is 33.6 Å². The number of carbonyl (C=O) groups is 1. The van der Waals surface area contributed by atoms with E-state index in [4.69, 9.17) is 0 Å². The maximum atomic E-state index is 11.7. The summed E-state index contributed by atoms with van der Waals surface area (Å²) in [7, 11) is 0. The lowest BCUT2D eigenvalue weighted by molar-refractivity contribution is -0.386. The van der Waals surface area contributed by atoms with Crippen LogP contribution in [0.1, 0.15) is 18.1 Å². The number of aromatic hydroxyl groups is 4. The lowest BCUT2D eigenvalue weighted by atomic mass is 9.93. The number of carboxylic acid groups (broad SMARTS) is 1. The first kappa shape index (κ1) is 21.3. The number of nitrogens with zero attached hydrogens (tertiary/aromatic N) is 2. The largest absolute Gasteiger partial charge is 0.504 e. The van der Waals surface area contributed by atoms with Gasteiger partial charge in [0.25, 0.3) is 0 Å². The van der Waals surface area contributed by atoms with Gasteiger partial charge in [-0.1, -0.05) is 6.07 Å². The van der Waals surface area contributed by atoms with Crippen molar-refractivity contribution in [1.29, 1.82) is 0 Å². The molecule has 0 saturated heterocycles. The van der Waals surface area contributed by atoms with Crippen LogP contribution in [0, 0.1) is 10.1 Å². The minimum Gasteiger partial charge on any atom is -0.504 e. The third-order valence-electron chi connectivity index (χ3n) is 4.13. The number of benzene rings is 2. The molecular weight excluding hydrogens is 386 g/mol. The highest BCUT2D eigenvalue weighted by atomic mass is 16.6. The van der Waals surface area contributed by atoms with Gasteiger partial charge in [0.15, 0.2) is 22.8 Å². The molecule has 2 rings (SSSR count). The molecule has 0 bridgehead atoms. The van der Waals surface area contributed by atoms with Gasteiger partial charge in [0.1, 0.15) is 0 Å². The summed E-state index contributed by atoms with van der Waals surface area (Å²) in [5.41, 5.74) is 0.989. The van der Waals surface area contributed by atoms with Crippen LogP contribution in [0.4, 0.5) is 5.69 Å². The number of rotatable bonds is 8. The number of nitro groups is 1. The van der Waals surface area contributed by atoms with Crippen LogP contribution in [-0.2, 0) is 17.6 Å². The summed E-state index contributed by atoms with van der Waals surface area (Å²) in [5, 5.41) is 62.2. The van der Waals surface area contributed by atoms with Crippen molar-refractivity contribution in [3.8, 4) is 23.0 Å². The molecule has 0 aliphatic rings. The fourth-order valence-electron chi connectivity index (χ4n) is 2.51. The monoisotopic (exact) mass is 405 g/mol. The Kier molecular flexibility index (Phi) is 6.12. The Morgan fingerprint density at radius 2 is 1.79 bits per heavy atom. The second-order valence-corrected chi connectivity index (χ2v) is 6.50. The zero-order chi connectivity index (χ0) is 21.8. The van der Waals surface area contributed by atoms with Crippen molar-refractivity contribution < 1.29 is 35.3 Å². The SMILES string of the molecule is C[C@@](Cc1ccc(O)c(O)c1)(N/N=C/Cc1cc(O)c(O)c([N+](=O)[O-])c1)C(=O)O. The first-order valence-corrected chi connectivity index (χ1v) is 8.25. The van der Waals surface area contributed by atoms with Crippen molar-refractivity contribution in [1.82, 2.24) is 5.43 Å². The Bertz CT molecular complexity index is 976. The standard InChI is InChI=1S/C18H19N3O8/c1-18(17(26)27,9-11-2-3-13(22)14(23)8-11)20-19-5-4-10-6-12(21(28)29)16(25)15(24)7-10/h2-3,5-8,20,22-25H,4,9H2,1H3,(H,26,27)/b19-5+/t18-/m0/s1. The van der Waals surface area contributed by atoms with Crippen LogP contribution in [-0.4, -0.2) is 48.2 Å². The normalized spacial score (nSPS) is 13.1. The van der Waals surface area contributed by atoms with Gasteiger partial charge in [0.05, 0.1) is 4.92 Å². The fourth-order valence-corrected chi connectivity index (χ4v) is 2.51. The van der Waals surface area contributed by atoms with E-state index in [1.165, 1.54) is 31.3 Å². The molecule has 2 aromatic carbocycles. The molecule has 0 unspecified atom stereocenters. The molecule has 154 valence electrons. The van der Waals surface area contributed by atoms with Crippen LogP contribution >= 0.6 is 0 Å². The molecule has 0 radical (unpaired) electrons. The molecule has 0 saturated carbocycles. The molecule has 29 heavy (non-hydrogen) atoms. The number of carboxylic acids is 1. The molecule has 11 heteroatoms. The highest BCUT2D eigenvalue weighted by molar-refractivity contribution is 5.79. The average Bonchev–Trinajstić information content (AvgIpc) is 2.64. The molecule has 1 atom stereocenters. The van der Waals surface area contributed by atoms with Gasteiger partial charge < -0.3 is 25.5 Å². The Labute approximate surface area is 164 Å². The molecule has 0 heterocycles. The van der Waals surface area contributed by atoms with Crippen molar-refractivity contribution in [2.75, 3.05) is 0 Å². The highest BCUT2D eigenvalue weighted by Gasteiger charge is 2.33. The molecule has 11 nitrogen and oxygen atoms in total. The maximum absolute atomic E-state index is 11.7. The Morgan fingerprint density at radius 3 is 2.38 bits per heavy atom. The maximum Gasteiger partial charge on any atom is 0.330 e. The molecule has 0 aromatic heterocycles. The summed E-state index contributed by atoms with van der Waals surface area (Å²) < 4.78 is 0. The molecule has 2 aromatic rings. The summed E-state index contributed by atoms with van der Waals surface area (Å²) in [6.45, 7) is 1.37. The molecule has 0 spiro atoms. The van der Waals surface area contributed by atoms with Gasteiger partial charge >= 0.3 is 11.7 Å². The van der Waals surface area contributed by atoms with E-state index in [0.29, 0.717) is 5.56 Å². The number of aliphatic carboxylic acids is 1. The van der Waals surface area contributed by atoms with E-state index in [1.807, 2.05) is 0 Å². The van der Waals surface area contributed by atoms with Crippen molar-refractivity contribution in [3.63, 3.8) is 0 Å². The van der Waals surface area contributed by atoms with Gasteiger partial charge in [-0.15, -0.1) is 0 Å². The summed E-state index contributed by atoms with van der Waals surface area (Å²) in [6, 6.07) is 6.13. The van der Waals surface area contributed by atoms with E-state index in [-0.39, 0.29) is 29.9 Å². The Balaban J connectivity index is 2.12. The summed E-state index contributed by atoms with van der Waals surface area (Å²) in [6.07, 6.45) is 1.20. The van der Waals surface area contributed by atoms with Gasteiger partial charge in [-0.3, -0.25) is 15.5 Å². The van der Waals surface area contributed by atoms with Crippen LogP contribution < -0.4 is 5.43 Å². The van der Waals surface area contributed by atoms with Crippen LogP contribution in [0.3, 0.4) is 0 Å². The molecular formula is C18H19N3O8. The predicted octanol–water partition coefficient (Wildman–Crippen LogP) is 1.62. The molecule has 0 aliphatic heterocycles. The van der Waals surface area contributed by atoms with E-state index in [1.54, 1.807) is 0 Å². The fraction of sp³-hybridized carbons (Fsp3) is 0.222. The number of nitrogens with one attached hydrogen (secondary N) is 1. The van der Waals surface area contributed by atoms with Crippen LogP contribution in [0.25, 0.3) is 0 Å². The smallest absolute Gasteiger partial charge is 0.330 e. The number of hydrogen-bond donors (Lipinski definition) is 6.